The molecule has 1 saturated heterocycles. The molecule has 8 heteroatoms. The number of fused-ring (bicyclic) bond motifs is 1. The Morgan fingerprint density at radius 3 is 2.58 bits per heavy atom. The van der Waals surface area contributed by atoms with Crippen molar-refractivity contribution in [1.29, 1.82) is 0 Å². The number of piperazine rings is 1. The van der Waals surface area contributed by atoms with Crippen LogP contribution >= 0.6 is 0 Å². The standard InChI is InChI=1S/C23H23FN6O/c1-17(18-4-6-19(24)7-5-18)28-11-13-29(14-12-28)21-15-22(27-16-26-21)31-20-3-2-9-30-10-8-25-23(20)30/h2-10,15-17H,11-14H2,1H3. The van der Waals surface area contributed by atoms with Crippen molar-refractivity contribution in [3.05, 3.63) is 78.8 Å². The van der Waals surface area contributed by atoms with Gasteiger partial charge in [0.05, 0.1) is 0 Å². The second kappa shape index (κ2) is 8.31. The third-order valence-corrected chi connectivity index (χ3v) is 5.76. The smallest absolute Gasteiger partial charge is 0.224 e. The van der Waals surface area contributed by atoms with E-state index in [4.69, 9.17) is 4.74 Å². The lowest BCUT2D eigenvalue weighted by Crippen LogP contribution is -2.47. The van der Waals surface area contributed by atoms with Gasteiger partial charge in [-0.2, -0.15) is 0 Å². The first-order chi connectivity index (χ1) is 15.2. The van der Waals surface area contributed by atoms with Gasteiger partial charge in [0.1, 0.15) is 18.0 Å². The van der Waals surface area contributed by atoms with Crippen molar-refractivity contribution >= 4 is 11.5 Å². The fraction of sp³-hybridized carbons (Fsp3) is 0.261. The van der Waals surface area contributed by atoms with E-state index in [0.29, 0.717) is 11.6 Å². The van der Waals surface area contributed by atoms with Crippen LogP contribution in [0.2, 0.25) is 0 Å². The Morgan fingerprint density at radius 2 is 1.77 bits per heavy atom. The molecule has 1 aliphatic rings. The molecule has 158 valence electrons. The summed E-state index contributed by atoms with van der Waals surface area (Å²) in [7, 11) is 0. The van der Waals surface area contributed by atoms with Crippen LogP contribution in [0.5, 0.6) is 11.6 Å². The molecule has 0 spiro atoms. The first-order valence-corrected chi connectivity index (χ1v) is 10.3. The lowest BCUT2D eigenvalue weighted by molar-refractivity contribution is 0.198. The second-order valence-electron chi connectivity index (χ2n) is 7.60. The van der Waals surface area contributed by atoms with E-state index in [2.05, 4.69) is 31.7 Å². The molecule has 0 aliphatic carbocycles. The molecule has 0 radical (unpaired) electrons. The summed E-state index contributed by atoms with van der Waals surface area (Å²) in [5.74, 6) is 1.78. The van der Waals surface area contributed by atoms with Crippen LogP contribution in [0, 0.1) is 5.82 Å². The van der Waals surface area contributed by atoms with Crippen molar-refractivity contribution in [2.75, 3.05) is 31.1 Å². The summed E-state index contributed by atoms with van der Waals surface area (Å²) < 4.78 is 21.1. The average Bonchev–Trinajstić information content (AvgIpc) is 3.30. The van der Waals surface area contributed by atoms with Gasteiger partial charge in [-0.05, 0) is 36.8 Å². The molecule has 1 aliphatic heterocycles. The number of nitrogens with zero attached hydrogens (tertiary/aromatic N) is 6. The number of benzene rings is 1. The monoisotopic (exact) mass is 418 g/mol. The fourth-order valence-corrected chi connectivity index (χ4v) is 3.96. The van der Waals surface area contributed by atoms with Gasteiger partial charge in [0.15, 0.2) is 11.4 Å². The van der Waals surface area contributed by atoms with Crippen molar-refractivity contribution in [2.24, 2.45) is 0 Å². The zero-order valence-electron chi connectivity index (χ0n) is 17.2. The maximum atomic E-state index is 13.2. The normalized spacial score (nSPS) is 15.9. The first kappa shape index (κ1) is 19.4. The molecule has 0 saturated carbocycles. The van der Waals surface area contributed by atoms with Crippen molar-refractivity contribution < 1.29 is 9.13 Å². The van der Waals surface area contributed by atoms with E-state index >= 15 is 0 Å². The van der Waals surface area contributed by atoms with Gasteiger partial charge in [-0.25, -0.2) is 19.3 Å². The molecule has 1 unspecified atom stereocenters. The number of halogens is 1. The van der Waals surface area contributed by atoms with Gasteiger partial charge in [0.2, 0.25) is 5.88 Å². The molecular formula is C23H23FN6O. The summed E-state index contributed by atoms with van der Waals surface area (Å²) >= 11 is 0. The summed E-state index contributed by atoms with van der Waals surface area (Å²) in [6.07, 6.45) is 7.07. The van der Waals surface area contributed by atoms with E-state index in [1.165, 1.54) is 18.5 Å². The van der Waals surface area contributed by atoms with Crippen LogP contribution in [0.4, 0.5) is 10.2 Å². The Hall–Kier alpha value is -3.52. The van der Waals surface area contributed by atoms with Crippen LogP contribution in [0.3, 0.4) is 0 Å². The molecule has 1 fully saturated rings. The lowest BCUT2D eigenvalue weighted by Gasteiger charge is -2.38. The van der Waals surface area contributed by atoms with Gasteiger partial charge < -0.3 is 14.0 Å². The van der Waals surface area contributed by atoms with Gasteiger partial charge in [0.25, 0.3) is 0 Å². The minimum absolute atomic E-state index is 0.202. The fourth-order valence-electron chi connectivity index (χ4n) is 3.96. The molecule has 0 bridgehead atoms. The Balaban J connectivity index is 1.26. The Labute approximate surface area is 179 Å². The lowest BCUT2D eigenvalue weighted by atomic mass is 10.1. The van der Waals surface area contributed by atoms with Crippen LogP contribution in [-0.2, 0) is 0 Å². The van der Waals surface area contributed by atoms with Crippen LogP contribution in [0.25, 0.3) is 5.65 Å². The summed E-state index contributed by atoms with van der Waals surface area (Å²) in [5.41, 5.74) is 1.87. The third-order valence-electron chi connectivity index (χ3n) is 5.76. The van der Waals surface area contributed by atoms with Gasteiger partial charge in [-0.3, -0.25) is 4.90 Å². The molecular weight excluding hydrogens is 395 g/mol. The van der Waals surface area contributed by atoms with Crippen molar-refractivity contribution in [3.8, 4) is 11.6 Å². The molecule has 4 aromatic rings. The number of ether oxygens (including phenoxy) is 1. The number of hydrogen-bond acceptors (Lipinski definition) is 6. The molecule has 1 atom stereocenters. The van der Waals surface area contributed by atoms with Crippen LogP contribution < -0.4 is 9.64 Å². The number of hydrogen-bond donors (Lipinski definition) is 0. The first-order valence-electron chi connectivity index (χ1n) is 10.3. The highest BCUT2D eigenvalue weighted by molar-refractivity contribution is 5.55. The molecule has 0 N–H and O–H groups in total. The number of rotatable bonds is 5. The predicted molar refractivity (Wildman–Crippen MR) is 116 cm³/mol. The zero-order valence-corrected chi connectivity index (χ0v) is 17.2. The molecule has 1 aromatic carbocycles. The number of anilines is 1. The maximum Gasteiger partial charge on any atom is 0.224 e. The minimum atomic E-state index is -0.202. The van der Waals surface area contributed by atoms with Crippen molar-refractivity contribution in [2.45, 2.75) is 13.0 Å². The van der Waals surface area contributed by atoms with Gasteiger partial charge in [-0.1, -0.05) is 12.1 Å². The van der Waals surface area contributed by atoms with E-state index in [1.807, 2.05) is 47.1 Å². The molecule has 7 nitrogen and oxygen atoms in total. The number of aromatic nitrogens is 4. The Kier molecular flexibility index (Phi) is 5.21. The van der Waals surface area contributed by atoms with Crippen LogP contribution in [0.1, 0.15) is 18.5 Å². The SMILES string of the molecule is CC(c1ccc(F)cc1)N1CCN(c2cc(Oc3cccn4ccnc34)ncn2)CC1. The highest BCUT2D eigenvalue weighted by Gasteiger charge is 2.23. The van der Waals surface area contributed by atoms with E-state index in [9.17, 15) is 4.39 Å². The molecule has 5 rings (SSSR count). The summed E-state index contributed by atoms with van der Waals surface area (Å²) in [5, 5.41) is 0. The van der Waals surface area contributed by atoms with Crippen molar-refractivity contribution in [3.63, 3.8) is 0 Å². The zero-order chi connectivity index (χ0) is 21.2. The maximum absolute atomic E-state index is 13.2. The van der Waals surface area contributed by atoms with Gasteiger partial charge in [0, 0.05) is 56.9 Å². The Morgan fingerprint density at radius 1 is 0.968 bits per heavy atom. The summed E-state index contributed by atoms with van der Waals surface area (Å²) in [6.45, 7) is 5.64. The number of pyridine rings is 1. The minimum Gasteiger partial charge on any atom is -0.435 e. The predicted octanol–water partition coefficient (Wildman–Crippen LogP) is 3.94. The van der Waals surface area contributed by atoms with E-state index in [-0.39, 0.29) is 11.9 Å². The summed E-state index contributed by atoms with van der Waals surface area (Å²) in [4.78, 5) is 17.7. The molecule has 31 heavy (non-hydrogen) atoms. The summed E-state index contributed by atoms with van der Waals surface area (Å²) in [6, 6.07) is 12.7. The molecule has 4 heterocycles. The third kappa shape index (κ3) is 4.06. The number of imidazole rings is 1. The highest BCUT2D eigenvalue weighted by Crippen LogP contribution is 2.27. The van der Waals surface area contributed by atoms with Crippen molar-refractivity contribution in [1.82, 2.24) is 24.3 Å². The van der Waals surface area contributed by atoms with Crippen LogP contribution in [0.15, 0.2) is 67.4 Å². The largest absolute Gasteiger partial charge is 0.435 e. The quantitative estimate of drug-likeness (QED) is 0.489. The van der Waals surface area contributed by atoms with Gasteiger partial charge >= 0.3 is 0 Å². The van der Waals surface area contributed by atoms with Gasteiger partial charge in [-0.15, -0.1) is 0 Å². The molecule has 0 amide bonds. The average molecular weight is 418 g/mol. The van der Waals surface area contributed by atoms with E-state index in [0.717, 1.165) is 43.2 Å². The highest BCUT2D eigenvalue weighted by atomic mass is 19.1. The molecule has 3 aromatic heterocycles. The van der Waals surface area contributed by atoms with E-state index in [1.54, 1.807) is 6.20 Å². The second-order valence-corrected chi connectivity index (χ2v) is 7.60. The van der Waals surface area contributed by atoms with E-state index < -0.39 is 0 Å². The topological polar surface area (TPSA) is 58.8 Å². The Bertz CT molecular complexity index is 1170. The van der Waals surface area contributed by atoms with Crippen LogP contribution in [-0.4, -0.2) is 50.4 Å².